The number of rotatable bonds is 3. The van der Waals surface area contributed by atoms with Gasteiger partial charge in [0.15, 0.2) is 0 Å². The lowest BCUT2D eigenvalue weighted by molar-refractivity contribution is -0.385. The molecule has 0 spiro atoms. The zero-order valence-corrected chi connectivity index (χ0v) is 8.18. The van der Waals surface area contributed by atoms with Crippen molar-refractivity contribution in [3.63, 3.8) is 0 Å². The summed E-state index contributed by atoms with van der Waals surface area (Å²) in [7, 11) is 0. The monoisotopic (exact) mass is 219 g/mol. The van der Waals surface area contributed by atoms with E-state index in [-0.39, 0.29) is 5.69 Å². The zero-order chi connectivity index (χ0) is 9.84. The Morgan fingerprint density at radius 1 is 1.46 bits per heavy atom. The molecule has 3 nitrogen and oxygen atoms in total. The SMILES string of the molecule is O=[N+]([O-])c1cccc(Cl)c1CCCl. The van der Waals surface area contributed by atoms with Crippen LogP contribution in [-0.4, -0.2) is 10.8 Å². The largest absolute Gasteiger partial charge is 0.274 e. The van der Waals surface area contributed by atoms with Gasteiger partial charge in [-0.05, 0) is 12.5 Å². The molecule has 70 valence electrons. The molecule has 13 heavy (non-hydrogen) atoms. The molecule has 0 unspecified atom stereocenters. The van der Waals surface area contributed by atoms with E-state index < -0.39 is 4.92 Å². The second kappa shape index (κ2) is 4.44. The van der Waals surface area contributed by atoms with E-state index in [2.05, 4.69) is 0 Å². The highest BCUT2D eigenvalue weighted by Gasteiger charge is 2.15. The summed E-state index contributed by atoms with van der Waals surface area (Å²) in [5.41, 5.74) is 0.539. The molecule has 5 heteroatoms. The van der Waals surface area contributed by atoms with Crippen molar-refractivity contribution < 1.29 is 4.92 Å². The minimum atomic E-state index is -0.451. The van der Waals surface area contributed by atoms with Gasteiger partial charge in [-0.15, -0.1) is 11.6 Å². The van der Waals surface area contributed by atoms with Crippen molar-refractivity contribution in [2.24, 2.45) is 0 Å². The average Bonchev–Trinajstić information content (AvgIpc) is 2.08. The van der Waals surface area contributed by atoms with Crippen LogP contribution < -0.4 is 0 Å². The Hall–Kier alpha value is -0.800. The summed E-state index contributed by atoms with van der Waals surface area (Å²) < 4.78 is 0. The average molecular weight is 220 g/mol. The maximum Gasteiger partial charge on any atom is 0.274 e. The van der Waals surface area contributed by atoms with Crippen LogP contribution in [0.2, 0.25) is 5.02 Å². The van der Waals surface area contributed by atoms with Gasteiger partial charge in [0.2, 0.25) is 0 Å². The Kier molecular flexibility index (Phi) is 3.51. The summed E-state index contributed by atoms with van der Waals surface area (Å²) >= 11 is 11.3. The van der Waals surface area contributed by atoms with Crippen LogP contribution in [0.25, 0.3) is 0 Å². The van der Waals surface area contributed by atoms with Crippen molar-refractivity contribution in [3.8, 4) is 0 Å². The van der Waals surface area contributed by atoms with Gasteiger partial charge in [-0.2, -0.15) is 0 Å². The fourth-order valence-electron chi connectivity index (χ4n) is 1.06. The van der Waals surface area contributed by atoms with Gasteiger partial charge in [-0.1, -0.05) is 17.7 Å². The third-order valence-electron chi connectivity index (χ3n) is 1.64. The molecule has 0 amide bonds. The molecule has 1 aromatic carbocycles. The molecule has 0 bridgehead atoms. The first-order chi connectivity index (χ1) is 6.16. The van der Waals surface area contributed by atoms with Crippen molar-refractivity contribution in [2.75, 3.05) is 5.88 Å². The molecular formula is C8H7Cl2NO2. The van der Waals surface area contributed by atoms with Crippen molar-refractivity contribution in [1.82, 2.24) is 0 Å². The van der Waals surface area contributed by atoms with Crippen LogP contribution in [0.4, 0.5) is 5.69 Å². The van der Waals surface area contributed by atoms with E-state index in [4.69, 9.17) is 23.2 Å². The van der Waals surface area contributed by atoms with Gasteiger partial charge in [0, 0.05) is 17.5 Å². The molecule has 1 rings (SSSR count). The lowest BCUT2D eigenvalue weighted by atomic mass is 10.1. The van der Waals surface area contributed by atoms with Crippen molar-refractivity contribution in [1.29, 1.82) is 0 Å². The van der Waals surface area contributed by atoms with E-state index in [0.717, 1.165) is 0 Å². The number of nitro groups is 1. The second-order valence-corrected chi connectivity index (χ2v) is 3.22. The highest BCUT2D eigenvalue weighted by Crippen LogP contribution is 2.26. The number of halogens is 2. The minimum absolute atomic E-state index is 0.0353. The van der Waals surface area contributed by atoms with Gasteiger partial charge in [0.25, 0.3) is 5.69 Å². The summed E-state index contributed by atoms with van der Waals surface area (Å²) in [5, 5.41) is 11.0. The molecule has 0 saturated heterocycles. The summed E-state index contributed by atoms with van der Waals surface area (Å²) in [4.78, 5) is 10.1. The van der Waals surface area contributed by atoms with E-state index in [0.29, 0.717) is 22.9 Å². The highest BCUT2D eigenvalue weighted by molar-refractivity contribution is 6.31. The lowest BCUT2D eigenvalue weighted by Gasteiger charge is -2.01. The van der Waals surface area contributed by atoms with Crippen molar-refractivity contribution >= 4 is 28.9 Å². The predicted molar refractivity (Wildman–Crippen MR) is 52.5 cm³/mol. The van der Waals surface area contributed by atoms with Crippen LogP contribution in [-0.2, 0) is 6.42 Å². The summed E-state index contributed by atoms with van der Waals surface area (Å²) in [6.45, 7) is 0. The fourth-order valence-corrected chi connectivity index (χ4v) is 1.51. The van der Waals surface area contributed by atoms with Gasteiger partial charge in [0.1, 0.15) is 0 Å². The molecular weight excluding hydrogens is 213 g/mol. The van der Waals surface area contributed by atoms with Gasteiger partial charge in [0.05, 0.1) is 9.95 Å². The van der Waals surface area contributed by atoms with E-state index >= 15 is 0 Å². The normalized spacial score (nSPS) is 10.0. The Morgan fingerprint density at radius 3 is 2.69 bits per heavy atom. The van der Waals surface area contributed by atoms with Crippen LogP contribution >= 0.6 is 23.2 Å². The fraction of sp³-hybridized carbons (Fsp3) is 0.250. The number of benzene rings is 1. The lowest BCUT2D eigenvalue weighted by Crippen LogP contribution is -1.96. The number of nitrogens with zero attached hydrogens (tertiary/aromatic N) is 1. The van der Waals surface area contributed by atoms with Crippen LogP contribution in [0.3, 0.4) is 0 Å². The first kappa shape index (κ1) is 10.3. The third-order valence-corrected chi connectivity index (χ3v) is 2.18. The van der Waals surface area contributed by atoms with Crippen molar-refractivity contribution in [2.45, 2.75) is 6.42 Å². The molecule has 0 aliphatic heterocycles. The summed E-state index contributed by atoms with van der Waals surface area (Å²) in [6.07, 6.45) is 0.414. The van der Waals surface area contributed by atoms with Crippen LogP contribution in [0, 0.1) is 10.1 Å². The molecule has 0 heterocycles. The Bertz CT molecular complexity index is 328. The standard InChI is InChI=1S/C8H7Cl2NO2/c9-5-4-6-7(10)2-1-3-8(6)11(12)13/h1-3H,4-5H2. The number of nitro benzene ring substituents is 1. The molecule has 0 radical (unpaired) electrons. The van der Waals surface area contributed by atoms with E-state index in [1.807, 2.05) is 0 Å². The van der Waals surface area contributed by atoms with E-state index in [9.17, 15) is 10.1 Å². The van der Waals surface area contributed by atoms with Crippen LogP contribution in [0.1, 0.15) is 5.56 Å². The number of hydrogen-bond donors (Lipinski definition) is 0. The topological polar surface area (TPSA) is 43.1 Å². The van der Waals surface area contributed by atoms with Gasteiger partial charge < -0.3 is 0 Å². The molecule has 1 aromatic rings. The number of alkyl halides is 1. The minimum Gasteiger partial charge on any atom is -0.258 e. The summed E-state index contributed by atoms with van der Waals surface area (Å²) in [5.74, 6) is 0.324. The van der Waals surface area contributed by atoms with Gasteiger partial charge in [-0.3, -0.25) is 10.1 Å². The highest BCUT2D eigenvalue weighted by atomic mass is 35.5. The summed E-state index contributed by atoms with van der Waals surface area (Å²) in [6, 6.07) is 4.60. The quantitative estimate of drug-likeness (QED) is 0.446. The molecule has 0 saturated carbocycles. The maximum atomic E-state index is 10.6. The first-order valence-corrected chi connectivity index (χ1v) is 4.56. The van der Waals surface area contributed by atoms with Crippen LogP contribution in [0.5, 0.6) is 0 Å². The Balaban J connectivity index is 3.17. The maximum absolute atomic E-state index is 10.6. The number of hydrogen-bond acceptors (Lipinski definition) is 2. The second-order valence-electron chi connectivity index (χ2n) is 2.43. The molecule has 0 aliphatic carbocycles. The van der Waals surface area contributed by atoms with Gasteiger partial charge in [-0.25, -0.2) is 0 Å². The van der Waals surface area contributed by atoms with Crippen LogP contribution in [0.15, 0.2) is 18.2 Å². The first-order valence-electron chi connectivity index (χ1n) is 3.64. The van der Waals surface area contributed by atoms with E-state index in [1.54, 1.807) is 12.1 Å². The predicted octanol–water partition coefficient (Wildman–Crippen LogP) is 3.03. The molecule has 0 atom stereocenters. The van der Waals surface area contributed by atoms with Crippen molar-refractivity contribution in [3.05, 3.63) is 38.9 Å². The Labute approximate surface area is 85.4 Å². The third kappa shape index (κ3) is 2.32. The van der Waals surface area contributed by atoms with Gasteiger partial charge >= 0.3 is 0 Å². The Morgan fingerprint density at radius 2 is 2.15 bits per heavy atom. The molecule has 0 N–H and O–H groups in total. The smallest absolute Gasteiger partial charge is 0.258 e. The zero-order valence-electron chi connectivity index (χ0n) is 6.67. The molecule has 0 fully saturated rings. The molecule has 0 aromatic heterocycles. The van der Waals surface area contributed by atoms with E-state index in [1.165, 1.54) is 6.07 Å². The molecule has 0 aliphatic rings.